The van der Waals surface area contributed by atoms with E-state index in [9.17, 15) is 0 Å². The van der Waals surface area contributed by atoms with Crippen molar-refractivity contribution >= 4 is 28.7 Å². The van der Waals surface area contributed by atoms with Gasteiger partial charge in [0.1, 0.15) is 23.0 Å². The smallest absolute Gasteiger partial charge is 0.260 e. The van der Waals surface area contributed by atoms with Crippen molar-refractivity contribution < 1.29 is 9.47 Å². The molecule has 190 valence electrons. The fourth-order valence-corrected chi connectivity index (χ4v) is 6.45. The first-order valence-corrected chi connectivity index (χ1v) is 14.0. The topological polar surface area (TPSA) is 18.5 Å². The summed E-state index contributed by atoms with van der Waals surface area (Å²) in [5, 5.41) is 0. The molecule has 3 heteroatoms. The molecule has 2 nitrogen and oxygen atoms in total. The van der Waals surface area contributed by atoms with Crippen molar-refractivity contribution in [2.45, 2.75) is 19.8 Å². The Kier molecular flexibility index (Phi) is 5.31. The van der Waals surface area contributed by atoms with Crippen LogP contribution in [0.1, 0.15) is 24.0 Å². The molecule has 40 heavy (non-hydrogen) atoms. The first kappa shape index (κ1) is 23.2. The zero-order valence-corrected chi connectivity index (χ0v) is 22.4. The third kappa shape index (κ3) is 3.66. The summed E-state index contributed by atoms with van der Waals surface area (Å²) in [5.74, 6) is 3.60. The molecule has 2 heterocycles. The zero-order chi connectivity index (χ0) is 26.6. The van der Waals surface area contributed by atoms with Crippen molar-refractivity contribution in [3.05, 3.63) is 132 Å². The minimum atomic E-state index is 0.0283. The predicted molar refractivity (Wildman–Crippen MR) is 166 cm³/mol. The average Bonchev–Trinajstić information content (AvgIpc) is 3.01. The minimum Gasteiger partial charge on any atom is -0.458 e. The fraction of sp³-hybridized carbons (Fsp3) is 0.0811. The van der Waals surface area contributed by atoms with Gasteiger partial charge in [0.05, 0.1) is 0 Å². The average molecular weight is 514 g/mol. The first-order valence-electron chi connectivity index (χ1n) is 14.0. The lowest BCUT2D eigenvalue weighted by Crippen LogP contribution is -2.57. The molecule has 2 aliphatic heterocycles. The van der Waals surface area contributed by atoms with Gasteiger partial charge in [-0.2, -0.15) is 0 Å². The molecule has 1 aliphatic carbocycles. The fourth-order valence-electron chi connectivity index (χ4n) is 6.45. The van der Waals surface area contributed by atoms with Gasteiger partial charge in [-0.25, -0.2) is 0 Å². The Labute approximate surface area is 235 Å². The van der Waals surface area contributed by atoms with Crippen LogP contribution in [0.15, 0.2) is 121 Å². The van der Waals surface area contributed by atoms with Gasteiger partial charge in [0.25, 0.3) is 6.71 Å². The lowest BCUT2D eigenvalue weighted by Gasteiger charge is -2.34. The molecular weight excluding hydrogens is 487 g/mol. The van der Waals surface area contributed by atoms with Gasteiger partial charge in [-0.3, -0.25) is 0 Å². The van der Waals surface area contributed by atoms with E-state index in [1.54, 1.807) is 0 Å². The van der Waals surface area contributed by atoms with Crippen molar-refractivity contribution in [2.75, 3.05) is 0 Å². The summed E-state index contributed by atoms with van der Waals surface area (Å²) in [5.41, 5.74) is 11.8. The molecule has 0 bridgehead atoms. The lowest BCUT2D eigenvalue weighted by atomic mass is 9.34. The van der Waals surface area contributed by atoms with Gasteiger partial charge in [-0.05, 0) is 82.3 Å². The van der Waals surface area contributed by atoms with E-state index in [1.807, 2.05) is 6.07 Å². The van der Waals surface area contributed by atoms with E-state index in [0.29, 0.717) is 0 Å². The molecule has 0 radical (unpaired) electrons. The summed E-state index contributed by atoms with van der Waals surface area (Å²) < 4.78 is 13.6. The van der Waals surface area contributed by atoms with Crippen LogP contribution in [0.5, 0.6) is 23.0 Å². The van der Waals surface area contributed by atoms with Gasteiger partial charge >= 0.3 is 0 Å². The Bertz CT molecular complexity index is 1870. The number of hydrogen-bond acceptors (Lipinski definition) is 2. The number of para-hydroxylation sites is 1. The van der Waals surface area contributed by atoms with Crippen LogP contribution in [0.25, 0.3) is 27.8 Å². The van der Waals surface area contributed by atoms with Crippen molar-refractivity contribution in [3.8, 4) is 45.3 Å². The van der Waals surface area contributed by atoms with Crippen molar-refractivity contribution in [2.24, 2.45) is 0 Å². The van der Waals surface area contributed by atoms with Gasteiger partial charge in [0, 0.05) is 11.0 Å². The van der Waals surface area contributed by atoms with E-state index in [-0.39, 0.29) is 6.71 Å². The summed E-state index contributed by atoms with van der Waals surface area (Å²) in [4.78, 5) is 0. The number of allylic oxidation sites excluding steroid dienone is 4. The predicted octanol–water partition coefficient (Wildman–Crippen LogP) is 7.79. The van der Waals surface area contributed by atoms with Gasteiger partial charge in [-0.15, -0.1) is 0 Å². The quantitative estimate of drug-likeness (QED) is 0.224. The Morgan fingerprint density at radius 3 is 2.23 bits per heavy atom. The maximum Gasteiger partial charge on any atom is 0.260 e. The van der Waals surface area contributed by atoms with Crippen LogP contribution in [-0.2, 0) is 0 Å². The number of rotatable bonds is 3. The highest BCUT2D eigenvalue weighted by Gasteiger charge is 2.41. The Morgan fingerprint density at radius 2 is 1.40 bits per heavy atom. The largest absolute Gasteiger partial charge is 0.458 e. The minimum absolute atomic E-state index is 0.0283. The van der Waals surface area contributed by atoms with E-state index >= 15 is 0 Å². The monoisotopic (exact) mass is 514 g/mol. The number of benzene rings is 5. The Morgan fingerprint density at radius 1 is 0.625 bits per heavy atom. The SMILES string of the molecule is Cc1ccccc1-c1cccc2c1Oc1cc(-c3ccccc3)cc3c1B2c1ccc(C2=CC=CCC2)cc1O3. The third-order valence-corrected chi connectivity index (χ3v) is 8.43. The van der Waals surface area contributed by atoms with Crippen LogP contribution in [-0.4, -0.2) is 6.71 Å². The van der Waals surface area contributed by atoms with Crippen molar-refractivity contribution in [1.29, 1.82) is 0 Å². The molecule has 0 fully saturated rings. The summed E-state index contributed by atoms with van der Waals surface area (Å²) in [7, 11) is 0. The Balaban J connectivity index is 1.37. The highest BCUT2D eigenvalue weighted by molar-refractivity contribution is 6.98. The highest BCUT2D eigenvalue weighted by atomic mass is 16.5. The van der Waals surface area contributed by atoms with Crippen LogP contribution >= 0.6 is 0 Å². The highest BCUT2D eigenvalue weighted by Crippen LogP contribution is 2.42. The van der Waals surface area contributed by atoms with E-state index in [0.717, 1.165) is 58.0 Å². The first-order chi connectivity index (χ1) is 19.7. The van der Waals surface area contributed by atoms with Crippen molar-refractivity contribution in [1.82, 2.24) is 0 Å². The normalized spacial score (nSPS) is 14.3. The number of hydrogen-bond donors (Lipinski definition) is 0. The summed E-state index contributed by atoms with van der Waals surface area (Å²) in [6.07, 6.45) is 8.74. The van der Waals surface area contributed by atoms with Crippen molar-refractivity contribution in [3.63, 3.8) is 0 Å². The second-order valence-corrected chi connectivity index (χ2v) is 10.8. The molecular formula is C37H27BO2. The van der Waals surface area contributed by atoms with Gasteiger partial charge < -0.3 is 9.47 Å². The molecule has 0 atom stereocenters. The van der Waals surface area contributed by atoms with Gasteiger partial charge in [0.2, 0.25) is 0 Å². The molecule has 0 N–H and O–H groups in total. The van der Waals surface area contributed by atoms with E-state index in [4.69, 9.17) is 9.47 Å². The van der Waals surface area contributed by atoms with Crippen LogP contribution in [0.4, 0.5) is 0 Å². The van der Waals surface area contributed by atoms with Crippen LogP contribution in [0.3, 0.4) is 0 Å². The number of fused-ring (bicyclic) bond motifs is 4. The lowest BCUT2D eigenvalue weighted by molar-refractivity contribution is 0.465. The molecule has 0 amide bonds. The standard InChI is InChI=1S/C37H27BO2/c1-24-11-8-9-16-29(24)30-17-10-18-32-37(30)40-35-23-28(26-14-6-3-7-15-26)22-34-36(35)38(32)31-20-19-27(21-33(31)39-34)25-12-4-2-5-13-25/h2-4,6-12,14-23H,5,13H2,1H3. The molecule has 0 saturated heterocycles. The van der Waals surface area contributed by atoms with Crippen LogP contribution in [0, 0.1) is 6.92 Å². The summed E-state index contributed by atoms with van der Waals surface area (Å²) in [6.45, 7) is 2.19. The molecule has 8 rings (SSSR count). The Hall–Kier alpha value is -4.76. The summed E-state index contributed by atoms with van der Waals surface area (Å²) >= 11 is 0. The number of aryl methyl sites for hydroxylation is 1. The molecule has 5 aromatic rings. The molecule has 0 saturated carbocycles. The summed E-state index contributed by atoms with van der Waals surface area (Å²) in [6, 6.07) is 36.7. The molecule has 0 unspecified atom stereocenters. The second kappa shape index (κ2) is 9.17. The van der Waals surface area contributed by atoms with Gasteiger partial charge in [0.15, 0.2) is 0 Å². The molecule has 0 spiro atoms. The maximum absolute atomic E-state index is 6.86. The third-order valence-electron chi connectivity index (χ3n) is 8.43. The number of ether oxygens (including phenoxy) is 2. The maximum atomic E-state index is 6.86. The molecule has 3 aliphatic rings. The van der Waals surface area contributed by atoms with Crippen LogP contribution in [0.2, 0.25) is 0 Å². The molecule has 5 aromatic carbocycles. The van der Waals surface area contributed by atoms with Gasteiger partial charge in [-0.1, -0.05) is 103 Å². The van der Waals surface area contributed by atoms with Crippen LogP contribution < -0.4 is 25.9 Å². The second-order valence-electron chi connectivity index (χ2n) is 10.8. The van der Waals surface area contributed by atoms with E-state index in [1.165, 1.54) is 33.2 Å². The van der Waals surface area contributed by atoms with E-state index in [2.05, 4.69) is 122 Å². The molecule has 0 aromatic heterocycles. The zero-order valence-electron chi connectivity index (χ0n) is 22.4. The van der Waals surface area contributed by atoms with E-state index < -0.39 is 0 Å².